The summed E-state index contributed by atoms with van der Waals surface area (Å²) in [4.78, 5) is 36.1. The Kier molecular flexibility index (Phi) is 7.75. The lowest BCUT2D eigenvalue weighted by atomic mass is 10.2. The lowest BCUT2D eigenvalue weighted by Gasteiger charge is -2.08. The van der Waals surface area contributed by atoms with E-state index in [2.05, 4.69) is 31.8 Å². The SMILES string of the molecule is Cc1c(Cl)cccc1NC(=O)C(=O)N/N=C\c1ccc(OC(=O)c2cccc(Br)c2)cc1. The molecular weight excluding hydrogens is 498 g/mol. The van der Waals surface area contributed by atoms with E-state index < -0.39 is 17.8 Å². The summed E-state index contributed by atoms with van der Waals surface area (Å²) in [5, 5.41) is 6.73. The maximum absolute atomic E-state index is 12.2. The molecule has 3 aromatic rings. The van der Waals surface area contributed by atoms with Gasteiger partial charge < -0.3 is 10.1 Å². The van der Waals surface area contributed by atoms with Crippen molar-refractivity contribution in [1.29, 1.82) is 0 Å². The van der Waals surface area contributed by atoms with Gasteiger partial charge >= 0.3 is 17.8 Å². The third kappa shape index (κ3) is 6.26. The van der Waals surface area contributed by atoms with E-state index in [9.17, 15) is 14.4 Å². The fourth-order valence-electron chi connectivity index (χ4n) is 2.54. The van der Waals surface area contributed by atoms with E-state index in [0.29, 0.717) is 33.1 Å². The monoisotopic (exact) mass is 513 g/mol. The van der Waals surface area contributed by atoms with E-state index in [0.717, 1.165) is 4.47 Å². The third-order valence-corrected chi connectivity index (χ3v) is 5.16. The number of hydrogen-bond acceptors (Lipinski definition) is 5. The minimum absolute atomic E-state index is 0.354. The number of hydrazone groups is 1. The first-order valence-electron chi connectivity index (χ1n) is 9.31. The summed E-state index contributed by atoms with van der Waals surface area (Å²) in [5.41, 5.74) is 4.29. The van der Waals surface area contributed by atoms with Crippen molar-refractivity contribution in [1.82, 2.24) is 5.43 Å². The Morgan fingerprint density at radius 3 is 2.44 bits per heavy atom. The number of anilines is 1. The highest BCUT2D eigenvalue weighted by Crippen LogP contribution is 2.22. The van der Waals surface area contributed by atoms with Crippen LogP contribution in [0.15, 0.2) is 76.3 Å². The molecule has 3 rings (SSSR count). The molecule has 0 spiro atoms. The number of amides is 2. The molecule has 0 aromatic heterocycles. The number of rotatable bonds is 5. The number of benzene rings is 3. The van der Waals surface area contributed by atoms with Crippen LogP contribution in [0.5, 0.6) is 5.75 Å². The lowest BCUT2D eigenvalue weighted by Crippen LogP contribution is -2.32. The summed E-state index contributed by atoms with van der Waals surface area (Å²) in [7, 11) is 0. The van der Waals surface area contributed by atoms with Gasteiger partial charge in [-0.05, 0) is 72.6 Å². The van der Waals surface area contributed by atoms with Crippen molar-refractivity contribution in [3.63, 3.8) is 0 Å². The molecule has 162 valence electrons. The molecule has 0 heterocycles. The second-order valence-corrected chi connectivity index (χ2v) is 7.86. The summed E-state index contributed by atoms with van der Waals surface area (Å²) >= 11 is 9.31. The Morgan fingerprint density at radius 1 is 1.00 bits per heavy atom. The molecule has 0 aliphatic rings. The van der Waals surface area contributed by atoms with Gasteiger partial charge in [0.05, 0.1) is 11.8 Å². The second kappa shape index (κ2) is 10.7. The minimum atomic E-state index is -0.930. The summed E-state index contributed by atoms with van der Waals surface area (Å²) in [6.45, 7) is 1.73. The van der Waals surface area contributed by atoms with Gasteiger partial charge in [-0.25, -0.2) is 10.2 Å². The quantitative estimate of drug-likeness (QED) is 0.169. The fourth-order valence-corrected chi connectivity index (χ4v) is 3.12. The summed E-state index contributed by atoms with van der Waals surface area (Å²) in [6, 6.07) is 18.3. The Hall–Kier alpha value is -3.49. The number of carbonyl (C=O) groups is 3. The van der Waals surface area contributed by atoms with E-state index >= 15 is 0 Å². The first-order chi connectivity index (χ1) is 15.3. The second-order valence-electron chi connectivity index (χ2n) is 6.53. The summed E-state index contributed by atoms with van der Waals surface area (Å²) in [6.07, 6.45) is 1.36. The van der Waals surface area contributed by atoms with E-state index in [4.69, 9.17) is 16.3 Å². The zero-order chi connectivity index (χ0) is 23.1. The van der Waals surface area contributed by atoms with Gasteiger partial charge in [0.2, 0.25) is 0 Å². The number of esters is 1. The number of halogens is 2. The molecule has 9 heteroatoms. The number of nitrogens with one attached hydrogen (secondary N) is 2. The van der Waals surface area contributed by atoms with Crippen molar-refractivity contribution < 1.29 is 19.1 Å². The van der Waals surface area contributed by atoms with Gasteiger partial charge in [0.1, 0.15) is 5.75 Å². The first kappa shape index (κ1) is 23.2. The fraction of sp³-hybridized carbons (Fsp3) is 0.0435. The zero-order valence-corrected chi connectivity index (χ0v) is 19.1. The normalized spacial score (nSPS) is 10.6. The first-order valence-corrected chi connectivity index (χ1v) is 10.5. The van der Waals surface area contributed by atoms with Crippen molar-refractivity contribution in [2.45, 2.75) is 6.92 Å². The Balaban J connectivity index is 1.53. The van der Waals surface area contributed by atoms with Crippen LogP contribution in [0.25, 0.3) is 0 Å². The predicted octanol–water partition coefficient (Wildman–Crippen LogP) is 4.72. The van der Waals surface area contributed by atoms with Gasteiger partial charge in [-0.3, -0.25) is 9.59 Å². The molecule has 0 radical (unpaired) electrons. The van der Waals surface area contributed by atoms with Crippen LogP contribution < -0.4 is 15.5 Å². The van der Waals surface area contributed by atoms with E-state index in [1.165, 1.54) is 6.21 Å². The summed E-state index contributed by atoms with van der Waals surface area (Å²) < 4.78 is 6.10. The molecule has 7 nitrogen and oxygen atoms in total. The van der Waals surface area contributed by atoms with Gasteiger partial charge in [-0.1, -0.05) is 39.7 Å². The van der Waals surface area contributed by atoms with Crippen LogP contribution in [0.4, 0.5) is 5.69 Å². The van der Waals surface area contributed by atoms with Gasteiger partial charge in [0.25, 0.3) is 0 Å². The average molecular weight is 515 g/mol. The topological polar surface area (TPSA) is 96.9 Å². The highest BCUT2D eigenvalue weighted by Gasteiger charge is 2.14. The largest absolute Gasteiger partial charge is 0.423 e. The molecule has 2 N–H and O–H groups in total. The Bertz CT molecular complexity index is 1200. The molecule has 2 amide bonds. The minimum Gasteiger partial charge on any atom is -0.423 e. The van der Waals surface area contributed by atoms with E-state index in [1.807, 2.05) is 6.07 Å². The number of ether oxygens (including phenoxy) is 1. The molecule has 0 bridgehead atoms. The van der Waals surface area contributed by atoms with Crippen molar-refractivity contribution in [2.75, 3.05) is 5.32 Å². The molecule has 0 unspecified atom stereocenters. The smallest absolute Gasteiger partial charge is 0.343 e. The molecule has 32 heavy (non-hydrogen) atoms. The third-order valence-electron chi connectivity index (χ3n) is 4.25. The molecule has 0 saturated carbocycles. The highest BCUT2D eigenvalue weighted by atomic mass is 79.9. The molecule has 0 aliphatic carbocycles. The summed E-state index contributed by atoms with van der Waals surface area (Å²) in [5.74, 6) is -1.93. The molecule has 0 saturated heterocycles. The van der Waals surface area contributed by atoms with Gasteiger partial charge in [0.15, 0.2) is 0 Å². The van der Waals surface area contributed by atoms with Gasteiger partial charge in [-0.15, -0.1) is 0 Å². The molecule has 0 aliphatic heterocycles. The van der Waals surface area contributed by atoms with E-state index in [1.54, 1.807) is 67.6 Å². The van der Waals surface area contributed by atoms with Crippen molar-refractivity contribution in [2.24, 2.45) is 5.10 Å². The number of carbonyl (C=O) groups excluding carboxylic acids is 3. The zero-order valence-electron chi connectivity index (χ0n) is 16.8. The molecule has 0 fully saturated rings. The maximum atomic E-state index is 12.2. The van der Waals surface area contributed by atoms with Crippen LogP contribution in [-0.2, 0) is 9.59 Å². The molecular formula is C23H17BrClN3O4. The highest BCUT2D eigenvalue weighted by molar-refractivity contribution is 9.10. The van der Waals surface area contributed by atoms with Crippen LogP contribution in [0.2, 0.25) is 5.02 Å². The van der Waals surface area contributed by atoms with Crippen LogP contribution in [-0.4, -0.2) is 24.0 Å². The van der Waals surface area contributed by atoms with E-state index in [-0.39, 0.29) is 0 Å². The number of hydrogen-bond donors (Lipinski definition) is 2. The average Bonchev–Trinajstić information content (AvgIpc) is 2.78. The predicted molar refractivity (Wildman–Crippen MR) is 126 cm³/mol. The maximum Gasteiger partial charge on any atom is 0.343 e. The van der Waals surface area contributed by atoms with Crippen LogP contribution in [0, 0.1) is 6.92 Å². The molecule has 3 aromatic carbocycles. The Morgan fingerprint density at radius 2 is 1.72 bits per heavy atom. The van der Waals surface area contributed by atoms with Crippen molar-refractivity contribution >= 4 is 57.2 Å². The standard InChI is InChI=1S/C23H17BrClN3O4/c1-14-19(25)6-3-7-20(14)27-21(29)22(30)28-26-13-15-8-10-18(11-9-15)32-23(31)16-4-2-5-17(24)12-16/h2-13H,1H3,(H,27,29)(H,28,30)/b26-13-. The lowest BCUT2D eigenvalue weighted by molar-refractivity contribution is -0.136. The van der Waals surface area contributed by atoms with Crippen molar-refractivity contribution in [3.05, 3.63) is 92.9 Å². The molecule has 0 atom stereocenters. The Labute approximate surface area is 197 Å². The van der Waals surface area contributed by atoms with Crippen LogP contribution in [0.3, 0.4) is 0 Å². The van der Waals surface area contributed by atoms with Crippen molar-refractivity contribution in [3.8, 4) is 5.75 Å². The van der Waals surface area contributed by atoms with Crippen LogP contribution >= 0.6 is 27.5 Å². The number of nitrogens with zero attached hydrogens (tertiary/aromatic N) is 1. The van der Waals surface area contributed by atoms with Crippen LogP contribution in [0.1, 0.15) is 21.5 Å². The van der Waals surface area contributed by atoms with Gasteiger partial charge in [0, 0.05) is 15.2 Å². The van der Waals surface area contributed by atoms with Gasteiger partial charge in [-0.2, -0.15) is 5.10 Å².